The van der Waals surface area contributed by atoms with E-state index in [1.165, 1.54) is 12.3 Å². The highest BCUT2D eigenvalue weighted by atomic mass is 19.1. The zero-order chi connectivity index (χ0) is 15.4. The van der Waals surface area contributed by atoms with Crippen molar-refractivity contribution in [3.05, 3.63) is 36.2 Å². The average molecular weight is 290 g/mol. The van der Waals surface area contributed by atoms with Gasteiger partial charge in [-0.15, -0.1) is 0 Å². The Morgan fingerprint density at radius 1 is 1.29 bits per heavy atom. The predicted octanol–water partition coefficient (Wildman–Crippen LogP) is 2.40. The fourth-order valence-electron chi connectivity index (χ4n) is 1.55. The van der Waals surface area contributed by atoms with Crippen molar-refractivity contribution < 1.29 is 8.78 Å². The van der Waals surface area contributed by atoms with Crippen LogP contribution in [-0.4, -0.2) is 16.0 Å². The third-order valence-corrected chi connectivity index (χ3v) is 2.55. The standard InChI is InChI=1S/C13H12F2N6/c1-7(4-16)20-11-3-12(18-6-10(11)17)21-13-9(15)2-8(14)5-19-13/h2-3,5-7H,17H2,1H3,(H2,18,19,20,21)/t7-/m1/s1. The number of nitrogens with one attached hydrogen (secondary N) is 2. The number of aromatic nitrogens is 2. The highest BCUT2D eigenvalue weighted by Gasteiger charge is 2.09. The van der Waals surface area contributed by atoms with Crippen molar-refractivity contribution in [2.75, 3.05) is 16.4 Å². The Kier molecular flexibility index (Phi) is 4.13. The summed E-state index contributed by atoms with van der Waals surface area (Å²) >= 11 is 0. The highest BCUT2D eigenvalue weighted by Crippen LogP contribution is 2.24. The molecule has 6 nitrogen and oxygen atoms in total. The van der Waals surface area contributed by atoms with Crippen LogP contribution in [0, 0.1) is 23.0 Å². The smallest absolute Gasteiger partial charge is 0.168 e. The van der Waals surface area contributed by atoms with E-state index in [4.69, 9.17) is 11.0 Å². The zero-order valence-corrected chi connectivity index (χ0v) is 11.1. The molecular formula is C13H12F2N6. The molecule has 4 N–H and O–H groups in total. The van der Waals surface area contributed by atoms with Gasteiger partial charge >= 0.3 is 0 Å². The zero-order valence-electron chi connectivity index (χ0n) is 11.1. The number of nitrogens with two attached hydrogens (primary N) is 1. The summed E-state index contributed by atoms with van der Waals surface area (Å²) in [6.45, 7) is 1.66. The van der Waals surface area contributed by atoms with Gasteiger partial charge in [0.05, 0.1) is 29.8 Å². The van der Waals surface area contributed by atoms with Gasteiger partial charge in [-0.05, 0) is 6.92 Å². The number of nitrogens with zero attached hydrogens (tertiary/aromatic N) is 3. The van der Waals surface area contributed by atoms with E-state index in [1.807, 2.05) is 6.07 Å². The topological polar surface area (TPSA) is 99.6 Å². The fourth-order valence-corrected chi connectivity index (χ4v) is 1.55. The molecule has 2 heterocycles. The number of halogens is 2. The molecule has 0 aromatic carbocycles. The second-order valence-electron chi connectivity index (χ2n) is 4.26. The Morgan fingerprint density at radius 2 is 2.05 bits per heavy atom. The van der Waals surface area contributed by atoms with Crippen LogP contribution in [0.15, 0.2) is 24.5 Å². The van der Waals surface area contributed by atoms with Crippen LogP contribution in [0.3, 0.4) is 0 Å². The van der Waals surface area contributed by atoms with Gasteiger partial charge in [0, 0.05) is 12.1 Å². The molecule has 1 atom stereocenters. The van der Waals surface area contributed by atoms with Crippen molar-refractivity contribution in [3.63, 3.8) is 0 Å². The summed E-state index contributed by atoms with van der Waals surface area (Å²) in [5.41, 5.74) is 6.55. The number of nitriles is 1. The first-order valence-electron chi connectivity index (χ1n) is 5.99. The molecule has 0 spiro atoms. The van der Waals surface area contributed by atoms with Crippen LogP contribution in [-0.2, 0) is 0 Å². The molecule has 0 aliphatic rings. The molecule has 0 aliphatic heterocycles. The van der Waals surface area contributed by atoms with Gasteiger partial charge in [-0.3, -0.25) is 0 Å². The summed E-state index contributed by atoms with van der Waals surface area (Å²) in [4.78, 5) is 7.57. The highest BCUT2D eigenvalue weighted by molar-refractivity contribution is 5.71. The number of hydrogen-bond acceptors (Lipinski definition) is 6. The van der Waals surface area contributed by atoms with Crippen LogP contribution in [0.2, 0.25) is 0 Å². The SMILES string of the molecule is C[C@H](C#N)Nc1cc(Nc2ncc(F)cc2F)ncc1N. The van der Waals surface area contributed by atoms with Crippen molar-refractivity contribution in [2.45, 2.75) is 13.0 Å². The normalized spacial score (nSPS) is 11.5. The van der Waals surface area contributed by atoms with Gasteiger partial charge in [0.2, 0.25) is 0 Å². The largest absolute Gasteiger partial charge is 0.396 e. The maximum atomic E-state index is 13.5. The summed E-state index contributed by atoms with van der Waals surface area (Å²) in [6.07, 6.45) is 2.25. The molecule has 0 radical (unpaired) electrons. The Balaban J connectivity index is 2.25. The van der Waals surface area contributed by atoms with Gasteiger partial charge in [0.25, 0.3) is 0 Å². The molecule has 0 amide bonds. The first-order valence-corrected chi connectivity index (χ1v) is 5.99. The maximum Gasteiger partial charge on any atom is 0.168 e. The van der Waals surface area contributed by atoms with Gasteiger partial charge < -0.3 is 16.4 Å². The van der Waals surface area contributed by atoms with Crippen LogP contribution in [0.25, 0.3) is 0 Å². The van der Waals surface area contributed by atoms with E-state index in [1.54, 1.807) is 6.92 Å². The monoisotopic (exact) mass is 290 g/mol. The predicted molar refractivity (Wildman–Crippen MR) is 74.8 cm³/mol. The summed E-state index contributed by atoms with van der Waals surface area (Å²) < 4.78 is 26.3. The van der Waals surface area contributed by atoms with Crippen LogP contribution >= 0.6 is 0 Å². The average Bonchev–Trinajstić information content (AvgIpc) is 2.45. The van der Waals surface area contributed by atoms with E-state index in [0.717, 1.165) is 6.20 Å². The third kappa shape index (κ3) is 3.54. The second kappa shape index (κ2) is 6.00. The lowest BCUT2D eigenvalue weighted by molar-refractivity contribution is 0.576. The van der Waals surface area contributed by atoms with Crippen molar-refractivity contribution in [3.8, 4) is 6.07 Å². The van der Waals surface area contributed by atoms with Gasteiger partial charge in [-0.1, -0.05) is 0 Å². The van der Waals surface area contributed by atoms with E-state index < -0.39 is 17.7 Å². The van der Waals surface area contributed by atoms with E-state index >= 15 is 0 Å². The third-order valence-electron chi connectivity index (χ3n) is 2.55. The Bertz CT molecular complexity index is 698. The Hall–Kier alpha value is -2.95. The quantitative estimate of drug-likeness (QED) is 0.799. The minimum absolute atomic E-state index is 0.159. The number of anilines is 4. The van der Waals surface area contributed by atoms with E-state index in [-0.39, 0.29) is 11.6 Å². The molecule has 2 aromatic rings. The molecule has 0 saturated carbocycles. The molecule has 2 rings (SSSR count). The number of nitrogen functional groups attached to an aromatic ring is 1. The first-order chi connectivity index (χ1) is 9.99. The lowest BCUT2D eigenvalue weighted by atomic mass is 10.3. The summed E-state index contributed by atoms with van der Waals surface area (Å²) in [7, 11) is 0. The molecule has 2 aromatic heterocycles. The van der Waals surface area contributed by atoms with Gasteiger partial charge in [-0.2, -0.15) is 5.26 Å². The second-order valence-corrected chi connectivity index (χ2v) is 4.26. The van der Waals surface area contributed by atoms with Gasteiger partial charge in [0.1, 0.15) is 17.7 Å². The van der Waals surface area contributed by atoms with Crippen molar-refractivity contribution in [2.24, 2.45) is 0 Å². The number of pyridine rings is 2. The molecule has 0 bridgehead atoms. The maximum absolute atomic E-state index is 13.5. The van der Waals surface area contributed by atoms with Crippen LogP contribution in [0.4, 0.5) is 31.8 Å². The van der Waals surface area contributed by atoms with Crippen LogP contribution in [0.1, 0.15) is 6.92 Å². The van der Waals surface area contributed by atoms with Crippen molar-refractivity contribution >= 4 is 23.0 Å². The molecule has 0 fully saturated rings. The Labute approximate surface area is 119 Å². The lowest BCUT2D eigenvalue weighted by Crippen LogP contribution is -2.14. The molecule has 108 valence electrons. The summed E-state index contributed by atoms with van der Waals surface area (Å²) in [5, 5.41) is 14.3. The molecule has 0 saturated heterocycles. The van der Waals surface area contributed by atoms with Gasteiger partial charge in [-0.25, -0.2) is 18.7 Å². The number of rotatable bonds is 4. The number of hydrogen-bond donors (Lipinski definition) is 3. The molecule has 0 unspecified atom stereocenters. The first kappa shape index (κ1) is 14.5. The van der Waals surface area contributed by atoms with E-state index in [9.17, 15) is 8.78 Å². The summed E-state index contributed by atoms with van der Waals surface area (Å²) in [6, 6.07) is 3.77. The molecule has 8 heteroatoms. The molecular weight excluding hydrogens is 278 g/mol. The van der Waals surface area contributed by atoms with Crippen LogP contribution < -0.4 is 16.4 Å². The lowest BCUT2D eigenvalue weighted by Gasteiger charge is -2.12. The molecule has 21 heavy (non-hydrogen) atoms. The minimum Gasteiger partial charge on any atom is -0.396 e. The van der Waals surface area contributed by atoms with E-state index in [0.29, 0.717) is 17.4 Å². The minimum atomic E-state index is -0.839. The van der Waals surface area contributed by atoms with E-state index in [2.05, 4.69) is 20.6 Å². The van der Waals surface area contributed by atoms with Crippen molar-refractivity contribution in [1.82, 2.24) is 9.97 Å². The fraction of sp³-hybridized carbons (Fsp3) is 0.154. The van der Waals surface area contributed by atoms with Crippen molar-refractivity contribution in [1.29, 1.82) is 5.26 Å². The van der Waals surface area contributed by atoms with Crippen LogP contribution in [0.5, 0.6) is 0 Å². The Morgan fingerprint density at radius 3 is 2.71 bits per heavy atom. The summed E-state index contributed by atoms with van der Waals surface area (Å²) in [5.74, 6) is -1.51. The van der Waals surface area contributed by atoms with Gasteiger partial charge in [0.15, 0.2) is 11.6 Å². The molecule has 0 aliphatic carbocycles.